The zero-order chi connectivity index (χ0) is 11.0. The summed E-state index contributed by atoms with van der Waals surface area (Å²) >= 11 is 0. The SMILES string of the molecule is O=C(c1cn[nH]c1)N1CCN(C2CC2)CC1. The van der Waals surface area contributed by atoms with Crippen molar-refractivity contribution >= 4 is 5.91 Å². The minimum Gasteiger partial charge on any atom is -0.336 e. The summed E-state index contributed by atoms with van der Waals surface area (Å²) in [7, 11) is 0. The zero-order valence-corrected chi connectivity index (χ0v) is 9.22. The minimum absolute atomic E-state index is 0.101. The van der Waals surface area contributed by atoms with E-state index in [4.69, 9.17) is 0 Å². The monoisotopic (exact) mass is 220 g/mol. The second kappa shape index (κ2) is 3.90. The minimum atomic E-state index is 0.101. The molecule has 0 unspecified atom stereocenters. The van der Waals surface area contributed by atoms with Crippen LogP contribution in [-0.4, -0.2) is 58.1 Å². The quantitative estimate of drug-likeness (QED) is 0.781. The first-order valence-electron chi connectivity index (χ1n) is 5.87. The first kappa shape index (κ1) is 9.84. The van der Waals surface area contributed by atoms with Crippen molar-refractivity contribution < 1.29 is 4.79 Å². The summed E-state index contributed by atoms with van der Waals surface area (Å²) in [5.41, 5.74) is 0.667. The van der Waals surface area contributed by atoms with Gasteiger partial charge in [-0.1, -0.05) is 0 Å². The van der Waals surface area contributed by atoms with Gasteiger partial charge in [0.25, 0.3) is 5.91 Å². The molecule has 0 radical (unpaired) electrons. The number of hydrogen-bond acceptors (Lipinski definition) is 3. The second-order valence-corrected chi connectivity index (χ2v) is 4.55. The van der Waals surface area contributed by atoms with Crippen molar-refractivity contribution in [1.29, 1.82) is 0 Å². The van der Waals surface area contributed by atoms with Gasteiger partial charge in [-0.25, -0.2) is 0 Å². The summed E-state index contributed by atoms with van der Waals surface area (Å²) in [4.78, 5) is 16.4. The first-order valence-corrected chi connectivity index (χ1v) is 5.87. The number of H-pyrrole nitrogens is 1. The van der Waals surface area contributed by atoms with Gasteiger partial charge in [-0.3, -0.25) is 14.8 Å². The molecule has 0 spiro atoms. The standard InChI is InChI=1S/C11H16N4O/c16-11(9-7-12-13-8-9)15-5-3-14(4-6-15)10-1-2-10/h7-8,10H,1-6H2,(H,12,13). The second-order valence-electron chi connectivity index (χ2n) is 4.55. The summed E-state index contributed by atoms with van der Waals surface area (Å²) in [6.45, 7) is 3.74. The van der Waals surface area contributed by atoms with Gasteiger partial charge in [-0.05, 0) is 12.8 Å². The van der Waals surface area contributed by atoms with Gasteiger partial charge >= 0.3 is 0 Å². The Morgan fingerprint density at radius 3 is 2.62 bits per heavy atom. The number of aromatic nitrogens is 2. The molecule has 3 rings (SSSR count). The largest absolute Gasteiger partial charge is 0.336 e. The molecule has 16 heavy (non-hydrogen) atoms. The van der Waals surface area contributed by atoms with Gasteiger partial charge in [0.15, 0.2) is 0 Å². The lowest BCUT2D eigenvalue weighted by molar-refractivity contribution is 0.0627. The maximum Gasteiger partial charge on any atom is 0.257 e. The van der Waals surface area contributed by atoms with Crippen molar-refractivity contribution in [2.24, 2.45) is 0 Å². The molecule has 1 N–H and O–H groups in total. The van der Waals surface area contributed by atoms with Crippen molar-refractivity contribution in [1.82, 2.24) is 20.0 Å². The number of aromatic amines is 1. The number of amides is 1. The summed E-state index contributed by atoms with van der Waals surface area (Å²) < 4.78 is 0. The van der Waals surface area contributed by atoms with Gasteiger partial charge in [-0.15, -0.1) is 0 Å². The average Bonchev–Trinajstić information content (AvgIpc) is 3.04. The molecule has 1 amide bonds. The number of nitrogens with zero attached hydrogens (tertiary/aromatic N) is 3. The maximum absolute atomic E-state index is 12.0. The fourth-order valence-electron chi connectivity index (χ4n) is 2.28. The van der Waals surface area contributed by atoms with E-state index in [0.717, 1.165) is 32.2 Å². The van der Waals surface area contributed by atoms with E-state index >= 15 is 0 Å². The molecule has 1 saturated heterocycles. The van der Waals surface area contributed by atoms with E-state index in [1.54, 1.807) is 12.4 Å². The van der Waals surface area contributed by atoms with Crippen molar-refractivity contribution in [3.05, 3.63) is 18.0 Å². The fourth-order valence-corrected chi connectivity index (χ4v) is 2.28. The van der Waals surface area contributed by atoms with Crippen LogP contribution in [0.3, 0.4) is 0 Å². The Morgan fingerprint density at radius 1 is 1.31 bits per heavy atom. The predicted molar refractivity (Wildman–Crippen MR) is 59.1 cm³/mol. The third kappa shape index (κ3) is 1.82. The molecule has 1 aliphatic carbocycles. The van der Waals surface area contributed by atoms with Crippen LogP contribution < -0.4 is 0 Å². The number of hydrogen-bond donors (Lipinski definition) is 1. The molecular formula is C11H16N4O. The van der Waals surface area contributed by atoms with E-state index in [2.05, 4.69) is 15.1 Å². The van der Waals surface area contributed by atoms with Crippen molar-refractivity contribution in [2.75, 3.05) is 26.2 Å². The van der Waals surface area contributed by atoms with Gasteiger partial charge < -0.3 is 4.90 Å². The van der Waals surface area contributed by atoms with Gasteiger partial charge in [-0.2, -0.15) is 5.10 Å². The van der Waals surface area contributed by atoms with Crippen molar-refractivity contribution in [3.8, 4) is 0 Å². The number of rotatable bonds is 2. The van der Waals surface area contributed by atoms with E-state index in [1.807, 2.05) is 4.90 Å². The van der Waals surface area contributed by atoms with Crippen LogP contribution in [-0.2, 0) is 0 Å². The third-order valence-electron chi connectivity index (χ3n) is 3.41. The Bertz CT molecular complexity index is 363. The van der Waals surface area contributed by atoms with Gasteiger partial charge in [0.1, 0.15) is 0 Å². The highest BCUT2D eigenvalue weighted by atomic mass is 16.2. The highest BCUT2D eigenvalue weighted by Crippen LogP contribution is 2.27. The Hall–Kier alpha value is -1.36. The fraction of sp³-hybridized carbons (Fsp3) is 0.636. The first-order chi connectivity index (χ1) is 7.84. The van der Waals surface area contributed by atoms with Crippen LogP contribution in [0.5, 0.6) is 0 Å². The molecule has 2 heterocycles. The Labute approximate surface area is 94.4 Å². The molecule has 0 bridgehead atoms. The van der Waals surface area contributed by atoms with E-state index in [-0.39, 0.29) is 5.91 Å². The molecule has 2 fully saturated rings. The molecule has 1 aromatic heterocycles. The van der Waals surface area contributed by atoms with Crippen molar-refractivity contribution in [3.63, 3.8) is 0 Å². The maximum atomic E-state index is 12.0. The van der Waals surface area contributed by atoms with Crippen LogP contribution in [0, 0.1) is 0 Å². The van der Waals surface area contributed by atoms with E-state index in [1.165, 1.54) is 12.8 Å². The molecule has 0 aromatic carbocycles. The summed E-state index contributed by atoms with van der Waals surface area (Å²) in [6.07, 6.45) is 5.94. The molecular weight excluding hydrogens is 204 g/mol. The predicted octanol–water partition coefficient (Wildman–Crippen LogP) is 0.330. The number of nitrogens with one attached hydrogen (secondary N) is 1. The van der Waals surface area contributed by atoms with Crippen LogP contribution in [0.1, 0.15) is 23.2 Å². The van der Waals surface area contributed by atoms with Gasteiger partial charge in [0.2, 0.25) is 0 Å². The van der Waals surface area contributed by atoms with Crippen molar-refractivity contribution in [2.45, 2.75) is 18.9 Å². The normalized spacial score (nSPS) is 22.4. The topological polar surface area (TPSA) is 52.2 Å². The summed E-state index contributed by atoms with van der Waals surface area (Å²) in [6, 6.07) is 0.811. The number of carbonyl (C=O) groups excluding carboxylic acids is 1. The molecule has 2 aliphatic rings. The Balaban J connectivity index is 1.59. The Kier molecular flexibility index (Phi) is 2.40. The molecule has 1 aliphatic heterocycles. The zero-order valence-electron chi connectivity index (χ0n) is 9.22. The number of piperazine rings is 1. The highest BCUT2D eigenvalue weighted by Gasteiger charge is 2.32. The van der Waals surface area contributed by atoms with Crippen LogP contribution in [0.25, 0.3) is 0 Å². The third-order valence-corrected chi connectivity index (χ3v) is 3.41. The molecule has 5 nitrogen and oxygen atoms in total. The molecule has 0 atom stereocenters. The molecule has 86 valence electrons. The van der Waals surface area contributed by atoms with Crippen LogP contribution in [0.15, 0.2) is 12.4 Å². The lowest BCUT2D eigenvalue weighted by Crippen LogP contribution is -2.49. The van der Waals surface area contributed by atoms with Crippen LogP contribution >= 0.6 is 0 Å². The van der Waals surface area contributed by atoms with Crippen LogP contribution in [0.2, 0.25) is 0 Å². The Morgan fingerprint density at radius 2 is 2.06 bits per heavy atom. The van der Waals surface area contributed by atoms with Gasteiger partial charge in [0, 0.05) is 38.4 Å². The van der Waals surface area contributed by atoms with E-state index in [0.29, 0.717) is 5.56 Å². The molecule has 1 saturated carbocycles. The van der Waals surface area contributed by atoms with Crippen LogP contribution in [0.4, 0.5) is 0 Å². The molecule has 5 heteroatoms. The van der Waals surface area contributed by atoms with Gasteiger partial charge in [0.05, 0.1) is 11.8 Å². The highest BCUT2D eigenvalue weighted by molar-refractivity contribution is 5.93. The van der Waals surface area contributed by atoms with E-state index < -0.39 is 0 Å². The molecule has 1 aromatic rings. The number of carbonyl (C=O) groups is 1. The summed E-state index contributed by atoms with van der Waals surface area (Å²) in [5.74, 6) is 0.101. The lowest BCUT2D eigenvalue weighted by atomic mass is 10.2. The average molecular weight is 220 g/mol. The summed E-state index contributed by atoms with van der Waals surface area (Å²) in [5, 5.41) is 6.49. The lowest BCUT2D eigenvalue weighted by Gasteiger charge is -2.34. The smallest absolute Gasteiger partial charge is 0.257 e. The van der Waals surface area contributed by atoms with E-state index in [9.17, 15) is 4.79 Å².